The number of amides is 1. The number of nitrogens with one attached hydrogen (secondary N) is 1. The van der Waals surface area contributed by atoms with Gasteiger partial charge in [0.15, 0.2) is 6.04 Å². The zero-order valence-electron chi connectivity index (χ0n) is 14.6. The average Bonchev–Trinajstić information content (AvgIpc) is 3.25. The number of carbonyl (C=O) groups is 2. The Bertz CT molecular complexity index is 1000. The molecule has 1 aliphatic carbocycles. The quantitative estimate of drug-likeness (QED) is 0.553. The Hall–Kier alpha value is -2.64. The van der Waals surface area contributed by atoms with Gasteiger partial charge in [0, 0.05) is 10.4 Å². The number of rotatable bonds is 5. The van der Waals surface area contributed by atoms with Gasteiger partial charge in [-0.1, -0.05) is 48.5 Å². The molecular weight excluding hydrogens is 442 g/mol. The molecule has 28 heavy (non-hydrogen) atoms. The largest absolute Gasteiger partial charge is 0.479 e. The summed E-state index contributed by atoms with van der Waals surface area (Å²) in [5, 5.41) is 13.7. The van der Waals surface area contributed by atoms with E-state index in [9.17, 15) is 14.7 Å². The molecule has 1 atom stereocenters. The summed E-state index contributed by atoms with van der Waals surface area (Å²) in [6.07, 6.45) is -0.755. The third-order valence-electron chi connectivity index (χ3n) is 4.76. The molecule has 1 amide bonds. The molecule has 1 heterocycles. The lowest BCUT2D eigenvalue weighted by Crippen LogP contribution is -2.34. The molecule has 1 aromatic heterocycles. The van der Waals surface area contributed by atoms with Crippen LogP contribution in [0.25, 0.3) is 11.1 Å². The highest BCUT2D eigenvalue weighted by Crippen LogP contribution is 2.44. The maximum absolute atomic E-state index is 12.3. The zero-order valence-corrected chi connectivity index (χ0v) is 17.0. The fraction of sp³-hybridized carbons (Fsp3) is 0.143. The Labute approximate surface area is 174 Å². The van der Waals surface area contributed by atoms with E-state index >= 15 is 0 Å². The van der Waals surface area contributed by atoms with Crippen molar-refractivity contribution in [2.75, 3.05) is 6.61 Å². The van der Waals surface area contributed by atoms with Crippen LogP contribution in [0.4, 0.5) is 4.79 Å². The summed E-state index contributed by atoms with van der Waals surface area (Å²) in [7, 11) is 0. The number of ether oxygens (including phenoxy) is 1. The number of fused-ring (bicyclic) bond motifs is 3. The second-order valence-electron chi connectivity index (χ2n) is 6.37. The van der Waals surface area contributed by atoms with Gasteiger partial charge in [-0.05, 0) is 49.6 Å². The molecule has 142 valence electrons. The van der Waals surface area contributed by atoms with Crippen molar-refractivity contribution in [3.8, 4) is 11.1 Å². The summed E-state index contributed by atoms with van der Waals surface area (Å²) in [5.74, 6) is -1.22. The van der Waals surface area contributed by atoms with Gasteiger partial charge < -0.3 is 15.2 Å². The minimum absolute atomic E-state index is 0.0742. The van der Waals surface area contributed by atoms with E-state index in [1.54, 1.807) is 11.4 Å². The second-order valence-corrected chi connectivity index (χ2v) is 8.18. The zero-order chi connectivity index (χ0) is 19.7. The number of alkyl carbamates (subject to hydrolysis) is 1. The van der Waals surface area contributed by atoms with Crippen molar-refractivity contribution in [2.45, 2.75) is 12.0 Å². The highest BCUT2D eigenvalue weighted by atomic mass is 79.9. The minimum Gasteiger partial charge on any atom is -0.479 e. The number of hydrogen-bond donors (Lipinski definition) is 2. The van der Waals surface area contributed by atoms with E-state index in [4.69, 9.17) is 4.74 Å². The van der Waals surface area contributed by atoms with Crippen LogP contribution in [0, 0.1) is 0 Å². The van der Waals surface area contributed by atoms with Crippen LogP contribution in [0.2, 0.25) is 0 Å². The Morgan fingerprint density at radius 3 is 2.21 bits per heavy atom. The van der Waals surface area contributed by atoms with Crippen molar-refractivity contribution in [3.05, 3.63) is 80.5 Å². The van der Waals surface area contributed by atoms with Crippen LogP contribution in [0.15, 0.2) is 64.5 Å². The Balaban J connectivity index is 1.49. The first kappa shape index (κ1) is 18.7. The Morgan fingerprint density at radius 2 is 1.68 bits per heavy atom. The van der Waals surface area contributed by atoms with Crippen LogP contribution < -0.4 is 5.32 Å². The third-order valence-corrected chi connectivity index (χ3v) is 6.70. The van der Waals surface area contributed by atoms with E-state index in [1.165, 1.54) is 11.3 Å². The SMILES string of the molecule is O=C(NC(C(=O)O)c1sccc1Br)OCC1c2ccccc2-c2ccccc21. The van der Waals surface area contributed by atoms with E-state index in [-0.39, 0.29) is 12.5 Å². The summed E-state index contributed by atoms with van der Waals surface area (Å²) < 4.78 is 6.08. The van der Waals surface area contributed by atoms with Gasteiger partial charge in [-0.3, -0.25) is 0 Å². The first-order valence-electron chi connectivity index (χ1n) is 8.63. The Morgan fingerprint density at radius 1 is 1.07 bits per heavy atom. The topological polar surface area (TPSA) is 75.6 Å². The lowest BCUT2D eigenvalue weighted by atomic mass is 9.98. The predicted octanol–water partition coefficient (Wildman–Crippen LogP) is 5.18. The third kappa shape index (κ3) is 3.43. The predicted molar refractivity (Wildman–Crippen MR) is 111 cm³/mol. The smallest absolute Gasteiger partial charge is 0.408 e. The molecule has 2 N–H and O–H groups in total. The van der Waals surface area contributed by atoms with Crippen molar-refractivity contribution in [3.63, 3.8) is 0 Å². The van der Waals surface area contributed by atoms with Crippen LogP contribution in [-0.2, 0) is 9.53 Å². The minimum atomic E-state index is -1.16. The molecule has 1 aliphatic rings. The summed E-state index contributed by atoms with van der Waals surface area (Å²) >= 11 is 4.56. The van der Waals surface area contributed by atoms with Gasteiger partial charge >= 0.3 is 12.1 Å². The fourth-order valence-corrected chi connectivity index (χ4v) is 5.15. The number of carboxylic acid groups (broad SMARTS) is 1. The summed E-state index contributed by atoms with van der Waals surface area (Å²) in [6, 6.07) is 16.7. The molecule has 0 radical (unpaired) electrons. The van der Waals surface area contributed by atoms with Crippen molar-refractivity contribution >= 4 is 39.3 Å². The molecular formula is C21H16BrNO4S. The molecule has 5 nitrogen and oxygen atoms in total. The van der Waals surface area contributed by atoms with Gasteiger partial charge in [-0.2, -0.15) is 0 Å². The molecule has 4 rings (SSSR count). The van der Waals surface area contributed by atoms with Gasteiger partial charge in [0.25, 0.3) is 0 Å². The van der Waals surface area contributed by atoms with E-state index in [1.807, 2.05) is 36.4 Å². The molecule has 0 saturated carbocycles. The number of halogens is 1. The van der Waals surface area contributed by atoms with Crippen molar-refractivity contribution in [1.82, 2.24) is 5.32 Å². The van der Waals surface area contributed by atoms with E-state index in [0.717, 1.165) is 22.3 Å². The highest BCUT2D eigenvalue weighted by Gasteiger charge is 2.30. The van der Waals surface area contributed by atoms with Gasteiger partial charge in [0.1, 0.15) is 6.61 Å². The van der Waals surface area contributed by atoms with Crippen molar-refractivity contribution in [1.29, 1.82) is 0 Å². The molecule has 0 spiro atoms. The monoisotopic (exact) mass is 457 g/mol. The Kier molecular flexibility index (Phi) is 5.19. The normalized spacial score (nSPS) is 13.5. The van der Waals surface area contributed by atoms with E-state index in [0.29, 0.717) is 9.35 Å². The highest BCUT2D eigenvalue weighted by molar-refractivity contribution is 9.10. The van der Waals surface area contributed by atoms with Crippen LogP contribution in [0.1, 0.15) is 28.0 Å². The molecule has 0 fully saturated rings. The maximum atomic E-state index is 12.3. The number of benzene rings is 2. The van der Waals surface area contributed by atoms with Gasteiger partial charge in [-0.15, -0.1) is 11.3 Å². The van der Waals surface area contributed by atoms with Crippen LogP contribution >= 0.6 is 27.3 Å². The summed E-state index contributed by atoms with van der Waals surface area (Å²) in [6.45, 7) is 0.137. The van der Waals surface area contributed by atoms with Gasteiger partial charge in [-0.25, -0.2) is 9.59 Å². The van der Waals surface area contributed by atoms with Crippen LogP contribution in [0.5, 0.6) is 0 Å². The average molecular weight is 458 g/mol. The molecule has 3 aromatic rings. The van der Waals surface area contributed by atoms with Crippen LogP contribution in [-0.4, -0.2) is 23.8 Å². The number of hydrogen-bond acceptors (Lipinski definition) is 4. The lowest BCUT2D eigenvalue weighted by Gasteiger charge is -2.17. The first-order chi connectivity index (χ1) is 13.6. The fourth-order valence-electron chi connectivity index (χ4n) is 3.51. The number of aliphatic carboxylic acids is 1. The summed E-state index contributed by atoms with van der Waals surface area (Å²) in [5.41, 5.74) is 4.48. The molecule has 2 aromatic carbocycles. The number of thiophene rings is 1. The maximum Gasteiger partial charge on any atom is 0.408 e. The van der Waals surface area contributed by atoms with Crippen molar-refractivity contribution < 1.29 is 19.4 Å². The lowest BCUT2D eigenvalue weighted by molar-refractivity contribution is -0.139. The van der Waals surface area contributed by atoms with E-state index < -0.39 is 18.1 Å². The van der Waals surface area contributed by atoms with E-state index in [2.05, 4.69) is 33.4 Å². The van der Waals surface area contributed by atoms with Crippen molar-refractivity contribution in [2.24, 2.45) is 0 Å². The summed E-state index contributed by atoms with van der Waals surface area (Å²) in [4.78, 5) is 24.4. The second kappa shape index (κ2) is 7.77. The number of carboxylic acids is 1. The molecule has 1 unspecified atom stereocenters. The number of carbonyl (C=O) groups excluding carboxylic acids is 1. The molecule has 7 heteroatoms. The standard InChI is InChI=1S/C21H16BrNO4S/c22-17-9-10-28-19(17)18(20(24)25)23-21(26)27-11-16-14-7-3-1-5-12(14)13-6-2-4-8-15(13)16/h1-10,16,18H,11H2,(H,23,26)(H,24,25). The first-order valence-corrected chi connectivity index (χ1v) is 10.3. The van der Waals surface area contributed by atoms with Crippen LogP contribution in [0.3, 0.4) is 0 Å². The van der Waals surface area contributed by atoms with Gasteiger partial charge in [0.05, 0.1) is 4.88 Å². The van der Waals surface area contributed by atoms with Gasteiger partial charge in [0.2, 0.25) is 0 Å². The molecule has 0 aliphatic heterocycles. The molecule has 0 saturated heterocycles. The molecule has 0 bridgehead atoms.